The van der Waals surface area contributed by atoms with E-state index in [4.69, 9.17) is 5.11 Å². The summed E-state index contributed by atoms with van der Waals surface area (Å²) in [6, 6.07) is -0.407. The van der Waals surface area contributed by atoms with E-state index in [0.717, 1.165) is 6.42 Å². The first kappa shape index (κ1) is 11.8. The van der Waals surface area contributed by atoms with Crippen molar-refractivity contribution in [2.24, 2.45) is 11.8 Å². The third kappa shape index (κ3) is 4.16. The van der Waals surface area contributed by atoms with Crippen LogP contribution in [0.5, 0.6) is 0 Å². The van der Waals surface area contributed by atoms with Crippen LogP contribution in [0, 0.1) is 11.8 Å². The van der Waals surface area contributed by atoms with Crippen molar-refractivity contribution in [3.8, 4) is 0 Å². The Morgan fingerprint density at radius 3 is 2.67 bits per heavy atom. The number of hydrogen-bond acceptors (Lipinski definition) is 3. The lowest BCUT2D eigenvalue weighted by molar-refractivity contribution is -0.144. The molecule has 0 aromatic carbocycles. The Kier molecular flexibility index (Phi) is 3.90. The SMILES string of the molecule is CC1CC1CN(C)C(=O)NOCC(=O)O. The van der Waals surface area contributed by atoms with Crippen LogP contribution in [-0.4, -0.2) is 42.2 Å². The summed E-state index contributed by atoms with van der Waals surface area (Å²) in [5.41, 5.74) is 2.07. The zero-order valence-electron chi connectivity index (χ0n) is 8.90. The van der Waals surface area contributed by atoms with Crippen molar-refractivity contribution in [2.75, 3.05) is 20.2 Å². The lowest BCUT2D eigenvalue weighted by Gasteiger charge is -2.16. The molecule has 2 unspecified atom stereocenters. The Hall–Kier alpha value is -1.30. The number of aliphatic carboxylic acids is 1. The number of amides is 2. The van der Waals surface area contributed by atoms with Gasteiger partial charge in [-0.2, -0.15) is 0 Å². The number of carbonyl (C=O) groups excluding carboxylic acids is 1. The Morgan fingerprint density at radius 1 is 1.60 bits per heavy atom. The molecule has 15 heavy (non-hydrogen) atoms. The molecule has 1 aliphatic rings. The molecule has 6 nitrogen and oxygen atoms in total. The molecule has 0 saturated heterocycles. The van der Waals surface area contributed by atoms with Crippen molar-refractivity contribution in [1.82, 2.24) is 10.4 Å². The average Bonchev–Trinajstić information content (AvgIpc) is 2.80. The Labute approximate surface area is 88.1 Å². The quantitative estimate of drug-likeness (QED) is 0.648. The minimum Gasteiger partial charge on any atom is -0.479 e. The lowest BCUT2D eigenvalue weighted by Crippen LogP contribution is -2.39. The highest BCUT2D eigenvalue weighted by molar-refractivity contribution is 5.73. The van der Waals surface area contributed by atoms with Crippen LogP contribution < -0.4 is 5.48 Å². The monoisotopic (exact) mass is 216 g/mol. The highest BCUT2D eigenvalue weighted by atomic mass is 16.7. The van der Waals surface area contributed by atoms with Crippen LogP contribution in [0.2, 0.25) is 0 Å². The van der Waals surface area contributed by atoms with E-state index in [1.165, 1.54) is 4.90 Å². The third-order valence-corrected chi connectivity index (χ3v) is 2.49. The number of carbonyl (C=O) groups is 2. The van der Waals surface area contributed by atoms with Crippen LogP contribution in [0.1, 0.15) is 13.3 Å². The molecule has 2 amide bonds. The molecule has 1 aliphatic carbocycles. The summed E-state index contributed by atoms with van der Waals surface area (Å²) < 4.78 is 0. The minimum atomic E-state index is -1.12. The second-order valence-corrected chi connectivity index (χ2v) is 3.94. The normalized spacial score (nSPS) is 23.3. The van der Waals surface area contributed by atoms with Gasteiger partial charge in [0.2, 0.25) is 0 Å². The van der Waals surface area contributed by atoms with Crippen LogP contribution >= 0.6 is 0 Å². The number of urea groups is 1. The summed E-state index contributed by atoms with van der Waals surface area (Å²) in [6.07, 6.45) is 1.15. The van der Waals surface area contributed by atoms with Crippen LogP contribution in [0.3, 0.4) is 0 Å². The standard InChI is InChI=1S/C9H16N2O4/c1-6-3-7(6)4-11(2)9(14)10-15-5-8(12)13/h6-7H,3-5H2,1-2H3,(H,10,14)(H,12,13). The fourth-order valence-electron chi connectivity index (χ4n) is 1.33. The summed E-state index contributed by atoms with van der Waals surface area (Å²) >= 11 is 0. The van der Waals surface area contributed by atoms with Gasteiger partial charge in [-0.1, -0.05) is 6.92 Å². The fourth-order valence-corrected chi connectivity index (χ4v) is 1.33. The zero-order valence-corrected chi connectivity index (χ0v) is 8.90. The number of rotatable bonds is 5. The van der Waals surface area contributed by atoms with Crippen molar-refractivity contribution in [3.05, 3.63) is 0 Å². The summed E-state index contributed by atoms with van der Waals surface area (Å²) in [4.78, 5) is 27.3. The van der Waals surface area contributed by atoms with Gasteiger partial charge in [0.15, 0.2) is 6.61 Å². The van der Waals surface area contributed by atoms with Crippen molar-refractivity contribution in [1.29, 1.82) is 0 Å². The fraction of sp³-hybridized carbons (Fsp3) is 0.778. The molecule has 0 bridgehead atoms. The highest BCUT2D eigenvalue weighted by Crippen LogP contribution is 2.37. The van der Waals surface area contributed by atoms with Gasteiger partial charge in [-0.3, -0.25) is 4.84 Å². The number of nitrogens with one attached hydrogen (secondary N) is 1. The maximum atomic E-state index is 11.3. The van der Waals surface area contributed by atoms with Gasteiger partial charge in [0.05, 0.1) is 0 Å². The van der Waals surface area contributed by atoms with Crippen LogP contribution in [0.15, 0.2) is 0 Å². The van der Waals surface area contributed by atoms with E-state index >= 15 is 0 Å². The summed E-state index contributed by atoms with van der Waals surface area (Å²) in [6.45, 7) is 2.29. The molecular weight excluding hydrogens is 200 g/mol. The van der Waals surface area contributed by atoms with Crippen molar-refractivity contribution in [3.63, 3.8) is 0 Å². The van der Waals surface area contributed by atoms with E-state index in [2.05, 4.69) is 17.2 Å². The van der Waals surface area contributed by atoms with E-state index in [1.54, 1.807) is 7.05 Å². The number of hydrogen-bond donors (Lipinski definition) is 2. The van der Waals surface area contributed by atoms with E-state index < -0.39 is 18.6 Å². The minimum absolute atomic E-state index is 0.407. The smallest absolute Gasteiger partial charge is 0.341 e. The molecule has 0 spiro atoms. The van der Waals surface area contributed by atoms with Gasteiger partial charge in [0.1, 0.15) is 0 Å². The number of carboxylic acid groups (broad SMARTS) is 1. The van der Waals surface area contributed by atoms with Crippen LogP contribution in [-0.2, 0) is 9.63 Å². The molecule has 86 valence electrons. The van der Waals surface area contributed by atoms with Gasteiger partial charge in [0.25, 0.3) is 0 Å². The molecule has 2 atom stereocenters. The van der Waals surface area contributed by atoms with E-state index in [-0.39, 0.29) is 0 Å². The largest absolute Gasteiger partial charge is 0.479 e. The third-order valence-electron chi connectivity index (χ3n) is 2.49. The van der Waals surface area contributed by atoms with Gasteiger partial charge in [0, 0.05) is 13.6 Å². The topological polar surface area (TPSA) is 78.9 Å². The second-order valence-electron chi connectivity index (χ2n) is 3.94. The van der Waals surface area contributed by atoms with Crippen molar-refractivity contribution < 1.29 is 19.5 Å². The predicted octanol–water partition coefficient (Wildman–Crippen LogP) is 0.300. The Morgan fingerprint density at radius 2 is 2.20 bits per heavy atom. The van der Waals surface area contributed by atoms with Gasteiger partial charge < -0.3 is 10.0 Å². The zero-order chi connectivity index (χ0) is 11.4. The molecule has 6 heteroatoms. The van der Waals surface area contributed by atoms with E-state index in [1.807, 2.05) is 0 Å². The maximum Gasteiger partial charge on any atom is 0.341 e. The molecule has 0 aromatic heterocycles. The van der Waals surface area contributed by atoms with E-state index in [0.29, 0.717) is 18.4 Å². The molecule has 0 heterocycles. The molecule has 1 rings (SSSR count). The first-order valence-corrected chi connectivity index (χ1v) is 4.85. The molecule has 1 fully saturated rings. The predicted molar refractivity (Wildman–Crippen MR) is 52.0 cm³/mol. The number of carboxylic acids is 1. The van der Waals surface area contributed by atoms with Gasteiger partial charge >= 0.3 is 12.0 Å². The summed E-state index contributed by atoms with van der Waals surface area (Å²) in [5, 5.41) is 8.27. The molecule has 1 saturated carbocycles. The number of hydroxylamine groups is 1. The maximum absolute atomic E-state index is 11.3. The Bertz CT molecular complexity index is 256. The molecule has 0 aliphatic heterocycles. The molecule has 0 aromatic rings. The Balaban J connectivity index is 2.12. The molecule has 2 N–H and O–H groups in total. The van der Waals surface area contributed by atoms with Crippen molar-refractivity contribution in [2.45, 2.75) is 13.3 Å². The van der Waals surface area contributed by atoms with Crippen LogP contribution in [0.25, 0.3) is 0 Å². The van der Waals surface area contributed by atoms with Crippen LogP contribution in [0.4, 0.5) is 4.79 Å². The summed E-state index contributed by atoms with van der Waals surface area (Å²) in [5.74, 6) is 0.133. The first-order chi connectivity index (χ1) is 7.00. The molecular formula is C9H16N2O4. The van der Waals surface area contributed by atoms with Gasteiger partial charge in [-0.15, -0.1) is 0 Å². The average molecular weight is 216 g/mol. The van der Waals surface area contributed by atoms with E-state index in [9.17, 15) is 9.59 Å². The van der Waals surface area contributed by atoms with Gasteiger partial charge in [-0.25, -0.2) is 15.1 Å². The molecule has 0 radical (unpaired) electrons. The van der Waals surface area contributed by atoms with Gasteiger partial charge in [-0.05, 0) is 18.3 Å². The summed E-state index contributed by atoms with van der Waals surface area (Å²) in [7, 11) is 1.66. The lowest BCUT2D eigenvalue weighted by atomic mass is 10.3. The second kappa shape index (κ2) is 4.97. The van der Waals surface area contributed by atoms with Crippen molar-refractivity contribution >= 4 is 12.0 Å². The first-order valence-electron chi connectivity index (χ1n) is 4.85. The highest BCUT2D eigenvalue weighted by Gasteiger charge is 2.34. The number of nitrogens with zero attached hydrogens (tertiary/aromatic N) is 1.